The predicted molar refractivity (Wildman–Crippen MR) is 102 cm³/mol. The SMILES string of the molecule is Cc1[nH]cnc1CN1C[C@@H]2CC[C@H](C1)N(Cc1ccc(-c3ccn[nH]3)o1)C2. The van der Waals surface area contributed by atoms with Crippen molar-refractivity contribution in [2.75, 3.05) is 19.6 Å². The van der Waals surface area contributed by atoms with Crippen molar-refractivity contribution in [1.82, 2.24) is 30.0 Å². The van der Waals surface area contributed by atoms with Crippen molar-refractivity contribution in [3.05, 3.63) is 47.9 Å². The molecule has 0 saturated carbocycles. The van der Waals surface area contributed by atoms with Gasteiger partial charge in [-0.1, -0.05) is 0 Å². The van der Waals surface area contributed by atoms with Crippen molar-refractivity contribution < 1.29 is 4.42 Å². The Labute approximate surface area is 158 Å². The monoisotopic (exact) mass is 366 g/mol. The lowest BCUT2D eigenvalue weighted by Gasteiger charge is -2.35. The third kappa shape index (κ3) is 3.44. The lowest BCUT2D eigenvalue weighted by Crippen LogP contribution is -2.43. The van der Waals surface area contributed by atoms with E-state index in [2.05, 4.69) is 43.0 Å². The lowest BCUT2D eigenvalue weighted by atomic mass is 9.95. The zero-order valence-electron chi connectivity index (χ0n) is 15.7. The van der Waals surface area contributed by atoms with Crippen molar-refractivity contribution >= 4 is 0 Å². The Kier molecular flexibility index (Phi) is 4.33. The molecule has 2 N–H and O–H groups in total. The maximum Gasteiger partial charge on any atom is 0.152 e. The van der Waals surface area contributed by atoms with Crippen LogP contribution in [0.1, 0.15) is 30.0 Å². The fraction of sp³-hybridized carbons (Fsp3) is 0.500. The number of furan rings is 1. The van der Waals surface area contributed by atoms with Crippen LogP contribution < -0.4 is 0 Å². The molecule has 3 aliphatic rings. The Hall–Kier alpha value is -2.38. The third-order valence-electron chi connectivity index (χ3n) is 6.00. The number of imidazole rings is 1. The second kappa shape index (κ2) is 6.98. The zero-order valence-corrected chi connectivity index (χ0v) is 15.7. The Morgan fingerprint density at radius 3 is 2.93 bits per heavy atom. The minimum atomic E-state index is 0.587. The maximum absolute atomic E-state index is 6.07. The molecular formula is C20H26N6O. The van der Waals surface area contributed by atoms with Gasteiger partial charge in [0.1, 0.15) is 11.5 Å². The first kappa shape index (κ1) is 16.8. The average Bonchev–Trinajstić information content (AvgIpc) is 3.37. The first-order chi connectivity index (χ1) is 13.2. The molecule has 3 saturated heterocycles. The van der Waals surface area contributed by atoms with E-state index in [1.807, 2.05) is 12.1 Å². The second-order valence-corrected chi connectivity index (χ2v) is 7.93. The van der Waals surface area contributed by atoms with E-state index in [0.29, 0.717) is 6.04 Å². The van der Waals surface area contributed by atoms with E-state index >= 15 is 0 Å². The number of H-pyrrole nitrogens is 2. The van der Waals surface area contributed by atoms with Gasteiger partial charge in [-0.25, -0.2) is 4.98 Å². The van der Waals surface area contributed by atoms with Crippen molar-refractivity contribution in [1.29, 1.82) is 0 Å². The molecule has 3 aliphatic heterocycles. The van der Waals surface area contributed by atoms with Gasteiger partial charge in [0, 0.05) is 44.1 Å². The number of nitrogens with one attached hydrogen (secondary N) is 2. The van der Waals surface area contributed by atoms with Crippen LogP contribution >= 0.6 is 0 Å². The first-order valence-corrected chi connectivity index (χ1v) is 9.78. The summed E-state index contributed by atoms with van der Waals surface area (Å²) in [5, 5.41) is 6.97. The van der Waals surface area contributed by atoms with Crippen LogP contribution in [-0.2, 0) is 13.1 Å². The zero-order chi connectivity index (χ0) is 18.2. The van der Waals surface area contributed by atoms with Crippen LogP contribution in [0, 0.1) is 12.8 Å². The number of hydrogen-bond acceptors (Lipinski definition) is 5. The van der Waals surface area contributed by atoms with Crippen LogP contribution in [0.5, 0.6) is 0 Å². The quantitative estimate of drug-likeness (QED) is 0.726. The molecule has 2 atom stereocenters. The lowest BCUT2D eigenvalue weighted by molar-refractivity contribution is 0.114. The van der Waals surface area contributed by atoms with Crippen LogP contribution in [0.15, 0.2) is 35.1 Å². The molecule has 27 heavy (non-hydrogen) atoms. The van der Waals surface area contributed by atoms with E-state index in [1.165, 1.54) is 24.2 Å². The summed E-state index contributed by atoms with van der Waals surface area (Å²) in [6, 6.07) is 6.65. The number of rotatable bonds is 5. The maximum atomic E-state index is 6.07. The molecule has 3 fully saturated rings. The van der Waals surface area contributed by atoms with Gasteiger partial charge in [-0.05, 0) is 43.9 Å². The third-order valence-corrected chi connectivity index (χ3v) is 6.00. The summed E-state index contributed by atoms with van der Waals surface area (Å²) in [7, 11) is 0. The summed E-state index contributed by atoms with van der Waals surface area (Å²) in [6.07, 6.45) is 6.15. The van der Waals surface area contributed by atoms with E-state index in [9.17, 15) is 0 Å². The minimum absolute atomic E-state index is 0.587. The fourth-order valence-electron chi connectivity index (χ4n) is 4.56. The van der Waals surface area contributed by atoms with Gasteiger partial charge >= 0.3 is 0 Å². The summed E-state index contributed by atoms with van der Waals surface area (Å²) in [5.74, 6) is 2.62. The number of piperidine rings is 1. The summed E-state index contributed by atoms with van der Waals surface area (Å²) in [4.78, 5) is 12.9. The fourth-order valence-corrected chi connectivity index (χ4v) is 4.56. The molecule has 0 aromatic carbocycles. The highest BCUT2D eigenvalue weighted by Crippen LogP contribution is 2.31. The summed E-state index contributed by atoms with van der Waals surface area (Å²) in [5.41, 5.74) is 3.29. The van der Waals surface area contributed by atoms with Gasteiger partial charge in [0.05, 0.1) is 18.6 Å². The largest absolute Gasteiger partial charge is 0.458 e. The summed E-state index contributed by atoms with van der Waals surface area (Å²) >= 11 is 0. The molecule has 3 aromatic rings. The molecule has 142 valence electrons. The minimum Gasteiger partial charge on any atom is -0.458 e. The highest BCUT2D eigenvalue weighted by Gasteiger charge is 2.35. The van der Waals surface area contributed by atoms with Crippen LogP contribution in [0.4, 0.5) is 0 Å². The first-order valence-electron chi connectivity index (χ1n) is 9.78. The standard InChI is InChI=1S/C20H26N6O/c1-14-19(22-13-21-14)12-25-8-15-2-3-16(10-25)26(9-15)11-17-4-5-20(27-17)18-6-7-23-24-18/h4-7,13,15-16H,2-3,8-12H2,1H3,(H,21,22)(H,23,24)/t15-,16+/m0/s1. The molecule has 6 heterocycles. The number of hydrogen-bond donors (Lipinski definition) is 2. The number of aromatic nitrogens is 4. The summed E-state index contributed by atoms with van der Waals surface area (Å²) < 4.78 is 6.07. The highest BCUT2D eigenvalue weighted by molar-refractivity contribution is 5.51. The van der Waals surface area contributed by atoms with Crippen LogP contribution in [0.25, 0.3) is 11.5 Å². The van der Waals surface area contributed by atoms with E-state index in [-0.39, 0.29) is 0 Å². The second-order valence-electron chi connectivity index (χ2n) is 7.93. The van der Waals surface area contributed by atoms with Crippen molar-refractivity contribution in [3.63, 3.8) is 0 Å². The molecule has 0 radical (unpaired) electrons. The van der Waals surface area contributed by atoms with Crippen molar-refractivity contribution in [3.8, 4) is 11.5 Å². The Balaban J connectivity index is 1.27. The average molecular weight is 366 g/mol. The molecular weight excluding hydrogens is 340 g/mol. The van der Waals surface area contributed by atoms with Crippen LogP contribution in [-0.4, -0.2) is 55.6 Å². The summed E-state index contributed by atoms with van der Waals surface area (Å²) in [6.45, 7) is 7.36. The van der Waals surface area contributed by atoms with Crippen molar-refractivity contribution in [2.24, 2.45) is 5.92 Å². The molecule has 0 unspecified atom stereocenters. The molecule has 0 amide bonds. The van der Waals surface area contributed by atoms with Crippen LogP contribution in [0.2, 0.25) is 0 Å². The molecule has 7 nitrogen and oxygen atoms in total. The van der Waals surface area contributed by atoms with Gasteiger partial charge < -0.3 is 9.40 Å². The Morgan fingerprint density at radius 2 is 2.11 bits per heavy atom. The Bertz CT molecular complexity index is 882. The molecule has 6 rings (SSSR count). The van der Waals surface area contributed by atoms with Gasteiger partial charge in [0.25, 0.3) is 0 Å². The highest BCUT2D eigenvalue weighted by atomic mass is 16.3. The van der Waals surface area contributed by atoms with Crippen LogP contribution in [0.3, 0.4) is 0 Å². The smallest absolute Gasteiger partial charge is 0.152 e. The van der Waals surface area contributed by atoms with E-state index in [4.69, 9.17) is 4.42 Å². The van der Waals surface area contributed by atoms with Gasteiger partial charge in [-0.3, -0.25) is 14.9 Å². The number of fused-ring (bicyclic) bond motifs is 4. The molecule has 0 spiro atoms. The predicted octanol–water partition coefficient (Wildman–Crippen LogP) is 2.80. The number of aryl methyl sites for hydroxylation is 1. The van der Waals surface area contributed by atoms with Gasteiger partial charge in [0.15, 0.2) is 5.76 Å². The van der Waals surface area contributed by atoms with Crippen molar-refractivity contribution in [2.45, 2.75) is 38.9 Å². The van der Waals surface area contributed by atoms with E-state index in [0.717, 1.165) is 55.9 Å². The number of aromatic amines is 2. The topological polar surface area (TPSA) is 77.0 Å². The Morgan fingerprint density at radius 1 is 1.15 bits per heavy atom. The molecule has 7 heteroatoms. The van der Waals surface area contributed by atoms with E-state index < -0.39 is 0 Å². The molecule has 3 aromatic heterocycles. The van der Waals surface area contributed by atoms with Gasteiger partial charge in [-0.15, -0.1) is 0 Å². The normalized spacial score (nSPS) is 23.7. The molecule has 0 aliphatic carbocycles. The van der Waals surface area contributed by atoms with Gasteiger partial charge in [0.2, 0.25) is 0 Å². The molecule has 2 bridgehead atoms. The van der Waals surface area contributed by atoms with E-state index in [1.54, 1.807) is 12.5 Å². The number of nitrogens with zero attached hydrogens (tertiary/aromatic N) is 4. The van der Waals surface area contributed by atoms with Gasteiger partial charge in [-0.2, -0.15) is 5.10 Å².